The fraction of sp³-hybridized carbons (Fsp3) is 0.333. The Morgan fingerprint density at radius 1 is 1.15 bits per heavy atom. The third kappa shape index (κ3) is 4.74. The largest absolute Gasteiger partial charge is 0.496 e. The van der Waals surface area contributed by atoms with Crippen LogP contribution in [-0.4, -0.2) is 28.0 Å². The van der Waals surface area contributed by atoms with Crippen molar-refractivity contribution in [3.63, 3.8) is 0 Å². The number of benzene rings is 1. The fourth-order valence-electron chi connectivity index (χ4n) is 3.43. The van der Waals surface area contributed by atoms with E-state index in [-0.39, 0.29) is 34.3 Å². The highest BCUT2D eigenvalue weighted by atomic mass is 19.4. The third-order valence-corrected chi connectivity index (χ3v) is 5.20. The molecule has 0 aliphatic heterocycles. The van der Waals surface area contributed by atoms with Crippen molar-refractivity contribution in [2.75, 3.05) is 7.11 Å². The second-order valence-corrected chi connectivity index (χ2v) is 7.55. The van der Waals surface area contributed by atoms with E-state index < -0.39 is 54.8 Å². The van der Waals surface area contributed by atoms with Gasteiger partial charge in [-0.3, -0.25) is 4.98 Å². The zero-order chi connectivity index (χ0) is 24.0. The minimum atomic E-state index is -4.72. The summed E-state index contributed by atoms with van der Waals surface area (Å²) < 4.78 is 103. The predicted molar refractivity (Wildman–Crippen MR) is 101 cm³/mol. The quantitative estimate of drug-likeness (QED) is 0.453. The van der Waals surface area contributed by atoms with Gasteiger partial charge in [0.15, 0.2) is 0 Å². The van der Waals surface area contributed by atoms with E-state index in [1.54, 1.807) is 0 Å². The Balaban J connectivity index is 1.51. The van der Waals surface area contributed by atoms with Crippen molar-refractivity contribution in [2.45, 2.75) is 37.5 Å². The van der Waals surface area contributed by atoms with E-state index >= 15 is 0 Å². The molecule has 0 bridgehead atoms. The van der Waals surface area contributed by atoms with Crippen LogP contribution in [0.2, 0.25) is 0 Å². The van der Waals surface area contributed by atoms with Gasteiger partial charge in [-0.05, 0) is 18.2 Å². The summed E-state index contributed by atoms with van der Waals surface area (Å²) >= 11 is 0. The molecule has 2 aromatic heterocycles. The first-order valence-corrected chi connectivity index (χ1v) is 9.63. The molecule has 176 valence electrons. The maximum absolute atomic E-state index is 14.4. The van der Waals surface area contributed by atoms with Crippen LogP contribution in [0.25, 0.3) is 11.3 Å². The molecule has 0 unspecified atom stereocenters. The van der Waals surface area contributed by atoms with Crippen LogP contribution in [0.15, 0.2) is 30.5 Å². The molecule has 0 atom stereocenters. The van der Waals surface area contributed by atoms with Gasteiger partial charge >= 0.3 is 6.18 Å². The molecule has 2 heterocycles. The first-order chi connectivity index (χ1) is 15.5. The topological polar surface area (TPSA) is 60.0 Å². The summed E-state index contributed by atoms with van der Waals surface area (Å²) in [7, 11) is 1.30. The van der Waals surface area contributed by atoms with Crippen LogP contribution < -0.4 is 9.47 Å². The standard InChI is InChI=1S/C21H16F7N3O2/c1-32-16-5-12(33-9-15-14(22)4-11(8-29-15)21(26,27)28)2-3-13(16)17-18(23)31-19(30-17)10-6-20(24,25)7-10/h2-5,8,10H,6-7,9H2,1H3,(H,30,31). The van der Waals surface area contributed by atoms with E-state index in [0.29, 0.717) is 12.3 Å². The average molecular weight is 475 g/mol. The molecule has 0 radical (unpaired) electrons. The van der Waals surface area contributed by atoms with Crippen molar-refractivity contribution in [1.82, 2.24) is 15.0 Å². The smallest absolute Gasteiger partial charge is 0.417 e. The molecule has 0 spiro atoms. The van der Waals surface area contributed by atoms with Gasteiger partial charge in [-0.15, -0.1) is 0 Å². The molecule has 3 aromatic rings. The van der Waals surface area contributed by atoms with Gasteiger partial charge in [0.05, 0.1) is 12.7 Å². The number of nitrogens with zero attached hydrogens (tertiary/aromatic N) is 2. The van der Waals surface area contributed by atoms with Gasteiger partial charge in [-0.1, -0.05) is 0 Å². The number of nitrogens with one attached hydrogen (secondary N) is 1. The molecule has 12 heteroatoms. The summed E-state index contributed by atoms with van der Waals surface area (Å²) in [6, 6.07) is 4.47. The van der Waals surface area contributed by atoms with Gasteiger partial charge in [-0.25, -0.2) is 18.2 Å². The SMILES string of the molecule is COc1cc(OCc2ncc(C(F)(F)F)cc2F)ccc1-c1nc(C2CC(F)(F)C2)[nH]c1F. The summed E-state index contributed by atoms with van der Waals surface area (Å²) in [4.78, 5) is 9.95. The Morgan fingerprint density at radius 3 is 2.48 bits per heavy atom. The van der Waals surface area contributed by atoms with Crippen molar-refractivity contribution < 1.29 is 40.2 Å². The number of imidazole rings is 1. The molecule has 5 nitrogen and oxygen atoms in total. The Kier molecular flexibility index (Phi) is 5.71. The predicted octanol–water partition coefficient (Wildman–Crippen LogP) is 5.87. The minimum Gasteiger partial charge on any atom is -0.496 e. The molecule has 33 heavy (non-hydrogen) atoms. The number of pyridine rings is 1. The van der Waals surface area contributed by atoms with Gasteiger partial charge in [0.25, 0.3) is 0 Å². The molecule has 1 aromatic carbocycles. The van der Waals surface area contributed by atoms with Crippen molar-refractivity contribution in [3.05, 3.63) is 59.3 Å². The lowest BCUT2D eigenvalue weighted by molar-refractivity contribution is -0.138. The lowest BCUT2D eigenvalue weighted by atomic mass is 9.81. The summed E-state index contributed by atoms with van der Waals surface area (Å²) in [5.41, 5.74) is -1.47. The van der Waals surface area contributed by atoms with Crippen LogP contribution in [0.5, 0.6) is 11.5 Å². The number of hydrogen-bond acceptors (Lipinski definition) is 4. The van der Waals surface area contributed by atoms with Crippen molar-refractivity contribution in [3.8, 4) is 22.8 Å². The van der Waals surface area contributed by atoms with Crippen LogP contribution in [0.4, 0.5) is 30.7 Å². The van der Waals surface area contributed by atoms with Gasteiger partial charge < -0.3 is 14.5 Å². The molecular weight excluding hydrogens is 459 g/mol. The van der Waals surface area contributed by atoms with Crippen molar-refractivity contribution in [2.24, 2.45) is 0 Å². The fourth-order valence-corrected chi connectivity index (χ4v) is 3.43. The molecule has 4 rings (SSSR count). The number of aromatic amines is 1. The van der Waals surface area contributed by atoms with E-state index in [0.717, 1.165) is 0 Å². The van der Waals surface area contributed by atoms with E-state index in [4.69, 9.17) is 9.47 Å². The molecule has 0 amide bonds. The van der Waals surface area contributed by atoms with Crippen LogP contribution in [-0.2, 0) is 12.8 Å². The lowest BCUT2D eigenvalue weighted by Crippen LogP contribution is -2.34. The molecule has 1 fully saturated rings. The normalized spacial score (nSPS) is 15.9. The van der Waals surface area contributed by atoms with Crippen LogP contribution >= 0.6 is 0 Å². The summed E-state index contributed by atoms with van der Waals surface area (Å²) in [5.74, 6) is -4.98. The van der Waals surface area contributed by atoms with E-state index in [1.807, 2.05) is 0 Å². The maximum atomic E-state index is 14.4. The number of ether oxygens (including phenoxy) is 2. The van der Waals surface area contributed by atoms with E-state index in [1.165, 1.54) is 25.3 Å². The number of aromatic nitrogens is 3. The Hall–Kier alpha value is -3.31. The molecule has 1 saturated carbocycles. The first-order valence-electron chi connectivity index (χ1n) is 9.63. The van der Waals surface area contributed by atoms with Gasteiger partial charge in [0.1, 0.15) is 41.1 Å². The van der Waals surface area contributed by atoms with Crippen molar-refractivity contribution >= 4 is 0 Å². The third-order valence-electron chi connectivity index (χ3n) is 5.20. The lowest BCUT2D eigenvalue weighted by Gasteiger charge is -2.33. The number of H-pyrrole nitrogens is 1. The Morgan fingerprint density at radius 2 is 1.88 bits per heavy atom. The maximum Gasteiger partial charge on any atom is 0.417 e. The highest BCUT2D eigenvalue weighted by molar-refractivity contribution is 5.68. The van der Waals surface area contributed by atoms with Gasteiger partial charge in [0.2, 0.25) is 11.9 Å². The summed E-state index contributed by atoms with van der Waals surface area (Å²) in [6.07, 6.45) is -5.06. The van der Waals surface area contributed by atoms with Crippen LogP contribution in [0.1, 0.15) is 35.8 Å². The zero-order valence-electron chi connectivity index (χ0n) is 16.9. The van der Waals surface area contributed by atoms with Crippen LogP contribution in [0.3, 0.4) is 0 Å². The Bertz CT molecular complexity index is 1170. The average Bonchev–Trinajstić information content (AvgIpc) is 3.11. The second-order valence-electron chi connectivity index (χ2n) is 7.55. The van der Waals surface area contributed by atoms with E-state index in [9.17, 15) is 30.7 Å². The molecule has 0 saturated heterocycles. The Labute approximate surface area is 182 Å². The number of alkyl halides is 5. The van der Waals surface area contributed by atoms with Gasteiger partial charge in [0, 0.05) is 36.6 Å². The van der Waals surface area contributed by atoms with Crippen LogP contribution in [0, 0.1) is 11.8 Å². The number of rotatable bonds is 6. The van der Waals surface area contributed by atoms with Crippen molar-refractivity contribution in [1.29, 1.82) is 0 Å². The molecular formula is C21H16F7N3O2. The van der Waals surface area contributed by atoms with E-state index in [2.05, 4.69) is 15.0 Å². The van der Waals surface area contributed by atoms with Gasteiger partial charge in [-0.2, -0.15) is 17.6 Å². The number of halogens is 7. The number of hydrogen-bond donors (Lipinski definition) is 1. The monoisotopic (exact) mass is 475 g/mol. The summed E-state index contributed by atoms with van der Waals surface area (Å²) in [6.45, 7) is -0.469. The highest BCUT2D eigenvalue weighted by Crippen LogP contribution is 2.48. The second kappa shape index (κ2) is 8.23. The summed E-state index contributed by atoms with van der Waals surface area (Å²) in [5, 5.41) is 0. The first kappa shape index (κ1) is 22.9. The molecule has 1 aliphatic rings. The zero-order valence-corrected chi connectivity index (χ0v) is 16.9. The number of methoxy groups -OCH3 is 1. The minimum absolute atomic E-state index is 0.111. The molecule has 1 N–H and O–H groups in total. The highest BCUT2D eigenvalue weighted by Gasteiger charge is 2.47. The molecule has 1 aliphatic carbocycles.